The molecule has 5 nitrogen and oxygen atoms in total. The molecule has 1 aromatic rings. The average molecular weight is 256 g/mol. The molecule has 0 atom stereocenters. The van der Waals surface area contributed by atoms with E-state index < -0.39 is 30.5 Å². The Morgan fingerprint density at radius 3 is 2.50 bits per heavy atom. The molecule has 0 heterocycles. The van der Waals surface area contributed by atoms with Crippen LogP contribution in [0.15, 0.2) is 18.2 Å². The highest BCUT2D eigenvalue weighted by Crippen LogP contribution is 2.16. The number of rotatable bonds is 5. The van der Waals surface area contributed by atoms with Crippen molar-refractivity contribution >= 4 is 11.6 Å². The molecule has 6 heteroatoms. The topological polar surface area (TPSA) is 95.6 Å². The molecule has 0 radical (unpaired) electrons. The van der Waals surface area contributed by atoms with Crippen molar-refractivity contribution in [2.75, 3.05) is 18.9 Å². The minimum absolute atomic E-state index is 0.00776. The number of carbonyl (C=O) groups is 1. The third-order valence-electron chi connectivity index (χ3n) is 2.92. The maximum absolute atomic E-state index is 12.9. The lowest BCUT2D eigenvalue weighted by Crippen LogP contribution is -2.53. The molecule has 0 aliphatic carbocycles. The van der Waals surface area contributed by atoms with Gasteiger partial charge in [-0.15, -0.1) is 0 Å². The molecule has 100 valence electrons. The molecule has 0 aliphatic heterocycles. The largest absolute Gasteiger partial charge is 0.398 e. The zero-order valence-corrected chi connectivity index (χ0v) is 10.1. The Bertz CT molecular complexity index is 425. The maximum Gasteiger partial charge on any atom is 0.253 e. The molecule has 1 rings (SSSR count). The van der Waals surface area contributed by atoms with Crippen LogP contribution in [0.2, 0.25) is 0 Å². The van der Waals surface area contributed by atoms with Gasteiger partial charge in [0.25, 0.3) is 5.91 Å². The monoisotopic (exact) mass is 256 g/mol. The molecule has 0 aliphatic rings. The summed E-state index contributed by atoms with van der Waals surface area (Å²) in [5, 5.41) is 21.0. The predicted molar refractivity (Wildman–Crippen MR) is 65.5 cm³/mol. The summed E-state index contributed by atoms with van der Waals surface area (Å²) in [6.07, 6.45) is 0.354. The molecule has 5 N–H and O–H groups in total. The van der Waals surface area contributed by atoms with Gasteiger partial charge in [-0.25, -0.2) is 4.39 Å². The average Bonchev–Trinajstić information content (AvgIpc) is 2.36. The number of carbonyl (C=O) groups excluding carboxylic acids is 1. The van der Waals surface area contributed by atoms with Crippen LogP contribution in [0, 0.1) is 5.82 Å². The predicted octanol–water partition coefficient (Wildman–Crippen LogP) is 0.271. The Kier molecular flexibility index (Phi) is 4.63. The second-order valence-electron chi connectivity index (χ2n) is 4.14. The molecular weight excluding hydrogens is 239 g/mol. The highest BCUT2D eigenvalue weighted by molar-refractivity contribution is 5.99. The summed E-state index contributed by atoms with van der Waals surface area (Å²) >= 11 is 0. The molecule has 1 amide bonds. The van der Waals surface area contributed by atoms with Crippen molar-refractivity contribution < 1.29 is 19.4 Å². The summed E-state index contributed by atoms with van der Waals surface area (Å²) in [4.78, 5) is 11.9. The van der Waals surface area contributed by atoms with Gasteiger partial charge in [-0.1, -0.05) is 6.92 Å². The fraction of sp³-hybridized carbons (Fsp3) is 0.417. The number of nitrogens with two attached hydrogens (primary N) is 1. The third kappa shape index (κ3) is 2.96. The number of hydrogen-bond donors (Lipinski definition) is 4. The lowest BCUT2D eigenvalue weighted by atomic mass is 9.97. The highest BCUT2D eigenvalue weighted by Gasteiger charge is 2.29. The number of halogens is 1. The maximum atomic E-state index is 12.9. The van der Waals surface area contributed by atoms with Gasteiger partial charge in [0.1, 0.15) is 5.82 Å². The Balaban J connectivity index is 2.94. The van der Waals surface area contributed by atoms with Gasteiger partial charge < -0.3 is 21.3 Å². The number of benzene rings is 1. The number of nitrogen functional groups attached to an aromatic ring is 1. The van der Waals surface area contributed by atoms with E-state index in [-0.39, 0.29) is 11.3 Å². The molecule has 18 heavy (non-hydrogen) atoms. The van der Waals surface area contributed by atoms with Crippen LogP contribution in [0.5, 0.6) is 0 Å². The van der Waals surface area contributed by atoms with E-state index in [1.165, 1.54) is 6.07 Å². The number of aliphatic hydroxyl groups excluding tert-OH is 2. The Morgan fingerprint density at radius 1 is 1.44 bits per heavy atom. The number of anilines is 1. The van der Waals surface area contributed by atoms with Crippen LogP contribution in [0.25, 0.3) is 0 Å². The van der Waals surface area contributed by atoms with Crippen LogP contribution in [0.3, 0.4) is 0 Å². The van der Waals surface area contributed by atoms with Crippen molar-refractivity contribution in [3.63, 3.8) is 0 Å². The van der Waals surface area contributed by atoms with Gasteiger partial charge in [-0.2, -0.15) is 0 Å². The summed E-state index contributed by atoms with van der Waals surface area (Å²) < 4.78 is 12.9. The van der Waals surface area contributed by atoms with Crippen molar-refractivity contribution in [2.45, 2.75) is 18.9 Å². The van der Waals surface area contributed by atoms with Crippen molar-refractivity contribution in [3.05, 3.63) is 29.6 Å². The van der Waals surface area contributed by atoms with Crippen molar-refractivity contribution in [1.29, 1.82) is 0 Å². The van der Waals surface area contributed by atoms with E-state index in [1.54, 1.807) is 6.92 Å². The summed E-state index contributed by atoms with van der Waals surface area (Å²) in [6.45, 7) is 0.931. The van der Waals surface area contributed by atoms with Gasteiger partial charge in [-0.3, -0.25) is 4.79 Å². The lowest BCUT2D eigenvalue weighted by Gasteiger charge is -2.29. The second kappa shape index (κ2) is 5.79. The second-order valence-corrected chi connectivity index (χ2v) is 4.14. The van der Waals surface area contributed by atoms with E-state index in [2.05, 4.69) is 5.32 Å². The molecule has 0 saturated heterocycles. The van der Waals surface area contributed by atoms with E-state index in [9.17, 15) is 19.4 Å². The van der Waals surface area contributed by atoms with Crippen LogP contribution in [0.1, 0.15) is 23.7 Å². The first kappa shape index (κ1) is 14.4. The van der Waals surface area contributed by atoms with Crippen molar-refractivity contribution in [2.24, 2.45) is 0 Å². The summed E-state index contributed by atoms with van der Waals surface area (Å²) in [5.74, 6) is -1.09. The van der Waals surface area contributed by atoms with E-state index in [0.717, 1.165) is 12.1 Å². The Hall–Kier alpha value is -1.66. The molecule has 0 saturated carbocycles. The van der Waals surface area contributed by atoms with Gasteiger partial charge in [0, 0.05) is 5.69 Å². The zero-order chi connectivity index (χ0) is 13.8. The minimum Gasteiger partial charge on any atom is -0.398 e. The third-order valence-corrected chi connectivity index (χ3v) is 2.92. The number of amides is 1. The van der Waals surface area contributed by atoms with Gasteiger partial charge in [0.2, 0.25) is 0 Å². The normalized spacial score (nSPS) is 11.3. The first-order valence-electron chi connectivity index (χ1n) is 5.57. The van der Waals surface area contributed by atoms with Gasteiger partial charge in [-0.05, 0) is 24.6 Å². The number of aliphatic hydroxyl groups is 2. The van der Waals surface area contributed by atoms with Crippen molar-refractivity contribution in [3.8, 4) is 0 Å². The first-order chi connectivity index (χ1) is 8.48. The van der Waals surface area contributed by atoms with Crippen molar-refractivity contribution in [1.82, 2.24) is 5.32 Å². The molecule has 0 aromatic heterocycles. The van der Waals surface area contributed by atoms with Gasteiger partial charge in [0.05, 0.1) is 24.3 Å². The smallest absolute Gasteiger partial charge is 0.253 e. The Morgan fingerprint density at radius 2 is 2.06 bits per heavy atom. The van der Waals surface area contributed by atoms with Crippen LogP contribution < -0.4 is 11.1 Å². The first-order valence-corrected chi connectivity index (χ1v) is 5.57. The molecule has 0 spiro atoms. The van der Waals surface area contributed by atoms with Crippen LogP contribution >= 0.6 is 0 Å². The Labute approximate surface area is 104 Å². The van der Waals surface area contributed by atoms with E-state index >= 15 is 0 Å². The number of hydrogen-bond acceptors (Lipinski definition) is 4. The molecular formula is C12H17FN2O3. The van der Waals surface area contributed by atoms with E-state index in [4.69, 9.17) is 5.73 Å². The van der Waals surface area contributed by atoms with Crippen LogP contribution in [-0.4, -0.2) is 34.9 Å². The quantitative estimate of drug-likeness (QED) is 0.569. The fourth-order valence-corrected chi connectivity index (χ4v) is 1.49. The van der Waals surface area contributed by atoms with E-state index in [0.29, 0.717) is 6.42 Å². The van der Waals surface area contributed by atoms with Gasteiger partial charge >= 0.3 is 0 Å². The molecule has 0 bridgehead atoms. The summed E-state index contributed by atoms with van der Waals surface area (Å²) in [6, 6.07) is 3.42. The summed E-state index contributed by atoms with van der Waals surface area (Å²) in [5.41, 5.74) is 4.56. The lowest BCUT2D eigenvalue weighted by molar-refractivity contribution is 0.0653. The van der Waals surface area contributed by atoms with Crippen LogP contribution in [-0.2, 0) is 0 Å². The highest BCUT2D eigenvalue weighted by atomic mass is 19.1. The van der Waals surface area contributed by atoms with Crippen LogP contribution in [0.4, 0.5) is 10.1 Å². The molecule has 0 unspecified atom stereocenters. The van der Waals surface area contributed by atoms with E-state index in [1.807, 2.05) is 0 Å². The minimum atomic E-state index is -1.10. The molecule has 0 fully saturated rings. The summed E-state index contributed by atoms with van der Waals surface area (Å²) in [7, 11) is 0. The SMILES string of the molecule is CCC(CO)(CO)NC(=O)c1ccc(F)cc1N. The number of nitrogens with one attached hydrogen (secondary N) is 1. The zero-order valence-electron chi connectivity index (χ0n) is 10.1. The fourth-order valence-electron chi connectivity index (χ4n) is 1.49. The standard InChI is InChI=1S/C12H17FN2O3/c1-2-12(6-16,7-17)15-11(18)9-4-3-8(13)5-10(9)14/h3-5,16-17H,2,6-7,14H2,1H3,(H,15,18). The van der Waals surface area contributed by atoms with Gasteiger partial charge in [0.15, 0.2) is 0 Å². The molecule has 1 aromatic carbocycles.